The van der Waals surface area contributed by atoms with Crippen molar-refractivity contribution in [2.75, 3.05) is 0 Å². The first-order valence-corrected chi connectivity index (χ1v) is 27.7. The van der Waals surface area contributed by atoms with Crippen molar-refractivity contribution in [1.82, 2.24) is 9.97 Å². The number of pyridine rings is 2. The van der Waals surface area contributed by atoms with Gasteiger partial charge < -0.3 is 10.1 Å². The Labute approximate surface area is 455 Å². The number of benzene rings is 6. The maximum absolute atomic E-state index is 11.7. The molecule has 6 aromatic carbocycles. The van der Waals surface area contributed by atoms with E-state index in [4.69, 9.17) is 4.98 Å². The van der Waals surface area contributed by atoms with Crippen LogP contribution in [0.3, 0.4) is 0 Å². The summed E-state index contributed by atoms with van der Waals surface area (Å²) in [4.78, 5) is 21.2. The largest absolute Gasteiger partial charge is 0.512 e. The molecular formula is C67H72IrN2O2Se-2. The molecule has 0 saturated heterocycles. The minimum Gasteiger partial charge on any atom is -0.512 e. The number of carbonyl (C=O) groups is 1. The van der Waals surface area contributed by atoms with E-state index in [1.165, 1.54) is 70.8 Å². The molecule has 0 aliphatic rings. The predicted octanol–water partition coefficient (Wildman–Crippen LogP) is 17.9. The number of aryl methyl sites for hydroxylation is 2. The summed E-state index contributed by atoms with van der Waals surface area (Å²) in [6.45, 7) is 23.7. The van der Waals surface area contributed by atoms with E-state index in [1.54, 1.807) is 4.26 Å². The van der Waals surface area contributed by atoms with Crippen LogP contribution < -0.4 is 0 Å². The van der Waals surface area contributed by atoms with Crippen molar-refractivity contribution in [1.29, 1.82) is 0 Å². The van der Waals surface area contributed by atoms with E-state index in [2.05, 4.69) is 193 Å². The van der Waals surface area contributed by atoms with Crippen LogP contribution in [-0.2, 0) is 36.7 Å². The zero-order valence-corrected chi connectivity index (χ0v) is 48.8. The molecular weight excluding hydrogens is 1140 g/mol. The Bertz CT molecular complexity index is 3260. The van der Waals surface area contributed by atoms with Gasteiger partial charge >= 0.3 is 191 Å². The van der Waals surface area contributed by atoms with Crippen molar-refractivity contribution in [2.45, 2.75) is 114 Å². The van der Waals surface area contributed by atoms with E-state index >= 15 is 0 Å². The number of aliphatic hydroxyl groups is 1. The summed E-state index contributed by atoms with van der Waals surface area (Å²) in [5.74, 6) is 1.21. The van der Waals surface area contributed by atoms with Gasteiger partial charge in [0, 0.05) is 44.2 Å². The van der Waals surface area contributed by atoms with E-state index in [9.17, 15) is 9.90 Å². The number of nitrogens with zero attached hydrogens (tertiary/aromatic N) is 2. The third-order valence-corrected chi connectivity index (χ3v) is 16.3. The van der Waals surface area contributed by atoms with E-state index in [0.717, 1.165) is 60.2 Å². The Kier molecular flexibility index (Phi) is 20.1. The van der Waals surface area contributed by atoms with Gasteiger partial charge in [0.2, 0.25) is 0 Å². The van der Waals surface area contributed by atoms with Gasteiger partial charge in [-0.25, -0.2) is 0 Å². The molecule has 0 saturated carbocycles. The second kappa shape index (κ2) is 26.0. The number of ketones is 1. The fourth-order valence-corrected chi connectivity index (χ4v) is 12.4. The number of rotatable bonds is 13. The van der Waals surface area contributed by atoms with Crippen LogP contribution >= 0.6 is 0 Å². The van der Waals surface area contributed by atoms with Crippen molar-refractivity contribution in [3.05, 3.63) is 192 Å². The molecule has 4 nitrogen and oxygen atoms in total. The minimum atomic E-state index is 0. The van der Waals surface area contributed by atoms with Gasteiger partial charge in [-0.05, 0) is 59.7 Å². The van der Waals surface area contributed by atoms with Crippen LogP contribution in [0.5, 0.6) is 0 Å². The Morgan fingerprint density at radius 2 is 1.23 bits per heavy atom. The summed E-state index contributed by atoms with van der Waals surface area (Å²) in [6.07, 6.45) is 9.90. The maximum Gasteiger partial charge on any atom is 0.162 e. The smallest absolute Gasteiger partial charge is 0.162 e. The average molecular weight is 1210 g/mol. The van der Waals surface area contributed by atoms with Gasteiger partial charge in [0.1, 0.15) is 0 Å². The third kappa shape index (κ3) is 14.1. The zero-order chi connectivity index (χ0) is 51.5. The topological polar surface area (TPSA) is 63.1 Å². The number of carbonyl (C=O) groups excluding carboxylic acids is 1. The number of hydrogen-bond acceptors (Lipinski definition) is 4. The number of aliphatic hydroxyl groups excluding tert-OH is 1. The standard InChI is InChI=1S/C29H28NSe.C25H20N.C13H24O2.Ir/c1-18(2)15-20-10-8-12-23-24-13-14-30-26(28(24)31-27(20)23)21-16-19-9-6-7-11-22(19)25(17-21)29(3,4)5;1-18-14-19(2)16-24(15-18)25-17-23(12-13-26-25)22-10-8-21(9-11-22)20-6-4-3-5-7-20;1-5-10(6-2)12(14)9-13(15)11(7-3)8-4;/h6-14,17-18H,15H2,1-5H3;3-15,17H,1-2H3;9-11,14H,5-8H2,1-4H3;/q2*-1;;/b;;12-9-;. The zero-order valence-electron chi connectivity index (χ0n) is 44.7. The van der Waals surface area contributed by atoms with Gasteiger partial charge in [-0.1, -0.05) is 102 Å². The predicted molar refractivity (Wildman–Crippen MR) is 308 cm³/mol. The summed E-state index contributed by atoms with van der Waals surface area (Å²) in [5, 5.41) is 15.0. The molecule has 0 atom stereocenters. The van der Waals surface area contributed by atoms with Crippen LogP contribution in [0.2, 0.25) is 0 Å². The van der Waals surface area contributed by atoms with Crippen LogP contribution in [-0.4, -0.2) is 35.4 Å². The third-order valence-electron chi connectivity index (χ3n) is 13.6. The number of aromatic nitrogens is 2. The van der Waals surface area contributed by atoms with Gasteiger partial charge in [-0.3, -0.25) is 4.79 Å². The van der Waals surface area contributed by atoms with Gasteiger partial charge in [-0.2, -0.15) is 0 Å². The molecule has 0 aliphatic heterocycles. The fraction of sp³-hybridized carbons (Fsp3) is 0.299. The average Bonchev–Trinajstić information content (AvgIpc) is 3.77. The Hall–Kier alpha value is -5.74. The van der Waals surface area contributed by atoms with Crippen molar-refractivity contribution < 1.29 is 30.0 Å². The molecule has 9 rings (SSSR count). The minimum absolute atomic E-state index is 0. The monoisotopic (exact) mass is 1210 g/mol. The van der Waals surface area contributed by atoms with Crippen LogP contribution in [0.15, 0.2) is 158 Å². The van der Waals surface area contributed by atoms with Crippen molar-refractivity contribution in [3.8, 4) is 44.8 Å². The molecule has 0 aliphatic carbocycles. The molecule has 0 fully saturated rings. The van der Waals surface area contributed by atoms with Crippen LogP contribution in [0.25, 0.3) is 74.8 Å². The first-order chi connectivity index (χ1) is 34.6. The molecule has 1 radical (unpaired) electrons. The van der Waals surface area contributed by atoms with E-state index in [0.29, 0.717) is 5.92 Å². The van der Waals surface area contributed by atoms with Crippen molar-refractivity contribution in [3.63, 3.8) is 0 Å². The second-order valence-electron chi connectivity index (χ2n) is 20.5. The summed E-state index contributed by atoms with van der Waals surface area (Å²) >= 11 is 0.265. The molecule has 0 amide bonds. The number of allylic oxidation sites excluding steroid dienone is 2. The summed E-state index contributed by atoms with van der Waals surface area (Å²) < 4.78 is 2.96. The van der Waals surface area contributed by atoms with E-state index in [-0.39, 0.29) is 63.4 Å². The molecule has 3 aromatic heterocycles. The van der Waals surface area contributed by atoms with Gasteiger partial charge in [0.05, 0.1) is 5.76 Å². The van der Waals surface area contributed by atoms with Crippen LogP contribution in [0, 0.1) is 43.7 Å². The Balaban J connectivity index is 0.000000189. The van der Waals surface area contributed by atoms with E-state index in [1.807, 2.05) is 46.2 Å². The van der Waals surface area contributed by atoms with Crippen LogP contribution in [0.4, 0.5) is 0 Å². The summed E-state index contributed by atoms with van der Waals surface area (Å²) in [7, 11) is 0. The van der Waals surface area contributed by atoms with Crippen molar-refractivity contribution in [2.24, 2.45) is 17.8 Å². The fourth-order valence-electron chi connectivity index (χ4n) is 9.61. The molecule has 0 spiro atoms. The molecule has 6 heteroatoms. The van der Waals surface area contributed by atoms with Gasteiger partial charge in [0.15, 0.2) is 5.78 Å². The number of fused-ring (bicyclic) bond motifs is 4. The molecule has 9 aromatic rings. The van der Waals surface area contributed by atoms with E-state index < -0.39 is 0 Å². The first kappa shape index (κ1) is 56.6. The molecule has 0 bridgehead atoms. The maximum atomic E-state index is 11.7. The van der Waals surface area contributed by atoms with Crippen molar-refractivity contribution >= 4 is 50.4 Å². The summed E-state index contributed by atoms with van der Waals surface area (Å²) in [6, 6.07) is 54.7. The Morgan fingerprint density at radius 3 is 1.88 bits per heavy atom. The molecule has 1 N–H and O–H groups in total. The molecule has 0 unspecified atom stereocenters. The number of hydrogen-bond donors (Lipinski definition) is 1. The normalized spacial score (nSPS) is 11.7. The molecule has 73 heavy (non-hydrogen) atoms. The molecule has 379 valence electrons. The molecule has 3 heterocycles. The quantitative estimate of drug-likeness (QED) is 0.0541. The SMILES string of the molecule is CC(C)Cc1cccc2c1[se]c1c(-c3[c-]c4ccccc4c(C(C)(C)C)c3)nccc12.CCC(CC)C(=O)/C=C(\O)C(CC)CC.Cc1[c-]c(-c2cc(-c3ccc(-c4ccccc4)cc3)ccn2)cc(C)c1.[Ir]. The second-order valence-corrected chi connectivity index (χ2v) is 22.7. The Morgan fingerprint density at radius 1 is 0.630 bits per heavy atom. The van der Waals surface area contributed by atoms with Crippen LogP contribution in [0.1, 0.15) is 110 Å². The van der Waals surface area contributed by atoms with Gasteiger partial charge in [-0.15, -0.1) is 34.9 Å². The first-order valence-electron chi connectivity index (χ1n) is 25.9. The summed E-state index contributed by atoms with van der Waals surface area (Å²) in [5.41, 5.74) is 14.4. The van der Waals surface area contributed by atoms with Gasteiger partial charge in [0.25, 0.3) is 0 Å².